The summed E-state index contributed by atoms with van der Waals surface area (Å²) in [6, 6.07) is 5.43. The van der Waals surface area contributed by atoms with Crippen LogP contribution in [0.5, 0.6) is 11.5 Å². The Bertz CT molecular complexity index is 356. The zero-order valence-electron chi connectivity index (χ0n) is 9.93. The minimum Gasteiger partial charge on any atom is -0.493 e. The van der Waals surface area contributed by atoms with Crippen LogP contribution in [0, 0.1) is 0 Å². The second kappa shape index (κ2) is 6.18. The molecule has 0 bridgehead atoms. The zero-order chi connectivity index (χ0) is 12.0. The van der Waals surface area contributed by atoms with Crippen LogP contribution in [0.15, 0.2) is 30.4 Å². The number of hydrogen-bond acceptors (Lipinski definition) is 3. The van der Waals surface area contributed by atoms with Gasteiger partial charge in [0.15, 0.2) is 11.5 Å². The molecule has 1 aromatic carbocycles. The van der Waals surface area contributed by atoms with Gasteiger partial charge < -0.3 is 14.6 Å². The fourth-order valence-electron chi connectivity index (χ4n) is 1.30. The first-order chi connectivity index (χ1) is 7.69. The topological polar surface area (TPSA) is 38.7 Å². The fourth-order valence-corrected chi connectivity index (χ4v) is 1.30. The van der Waals surface area contributed by atoms with Crippen molar-refractivity contribution in [1.82, 2.24) is 0 Å². The van der Waals surface area contributed by atoms with Gasteiger partial charge in [0.1, 0.15) is 6.61 Å². The third-order valence-electron chi connectivity index (χ3n) is 2.24. The molecular formula is C13H18O3. The van der Waals surface area contributed by atoms with Crippen molar-refractivity contribution < 1.29 is 14.6 Å². The average Bonchev–Trinajstić information content (AvgIpc) is 2.29. The first-order valence-electron chi connectivity index (χ1n) is 5.29. The first-order valence-corrected chi connectivity index (χ1v) is 5.29. The third kappa shape index (κ3) is 3.28. The van der Waals surface area contributed by atoms with Crippen LogP contribution in [0.4, 0.5) is 0 Å². The highest BCUT2D eigenvalue weighted by molar-refractivity contribution is 5.43. The van der Waals surface area contributed by atoms with Crippen LogP contribution in [0.25, 0.3) is 0 Å². The lowest BCUT2D eigenvalue weighted by Gasteiger charge is -2.12. The number of benzene rings is 1. The van der Waals surface area contributed by atoms with E-state index >= 15 is 0 Å². The molecule has 0 aromatic heterocycles. The van der Waals surface area contributed by atoms with Gasteiger partial charge in [0.25, 0.3) is 0 Å². The van der Waals surface area contributed by atoms with Gasteiger partial charge in [0.2, 0.25) is 0 Å². The average molecular weight is 222 g/mol. The Hall–Kier alpha value is -1.48. The monoisotopic (exact) mass is 222 g/mol. The van der Waals surface area contributed by atoms with Crippen molar-refractivity contribution in [2.24, 2.45) is 0 Å². The molecule has 0 spiro atoms. The van der Waals surface area contributed by atoms with Crippen molar-refractivity contribution in [1.29, 1.82) is 0 Å². The summed E-state index contributed by atoms with van der Waals surface area (Å²) < 4.78 is 10.7. The lowest BCUT2D eigenvalue weighted by Crippen LogP contribution is -1.98. The fraction of sp³-hybridized carbons (Fsp3) is 0.385. The van der Waals surface area contributed by atoms with E-state index in [-0.39, 0.29) is 0 Å². The molecule has 0 aliphatic carbocycles. The number of ether oxygens (including phenoxy) is 2. The number of rotatable bonds is 5. The van der Waals surface area contributed by atoms with Gasteiger partial charge in [-0.1, -0.05) is 18.2 Å². The van der Waals surface area contributed by atoms with Crippen molar-refractivity contribution in [2.45, 2.75) is 20.0 Å². The van der Waals surface area contributed by atoms with Gasteiger partial charge in [-0.25, -0.2) is 0 Å². The highest BCUT2D eigenvalue weighted by atomic mass is 16.5. The van der Waals surface area contributed by atoms with Crippen LogP contribution in [-0.4, -0.2) is 18.8 Å². The highest BCUT2D eigenvalue weighted by Gasteiger charge is 2.07. The smallest absolute Gasteiger partial charge is 0.161 e. The summed E-state index contributed by atoms with van der Waals surface area (Å²) in [6.45, 7) is 4.17. The second-order valence-electron chi connectivity index (χ2n) is 3.47. The molecule has 0 saturated heterocycles. The van der Waals surface area contributed by atoms with Gasteiger partial charge in [-0.3, -0.25) is 0 Å². The quantitative estimate of drug-likeness (QED) is 0.778. The van der Waals surface area contributed by atoms with Crippen LogP contribution in [0.2, 0.25) is 0 Å². The molecule has 3 nitrogen and oxygen atoms in total. The van der Waals surface area contributed by atoms with E-state index in [1.807, 2.05) is 31.2 Å². The Balaban J connectivity index is 2.84. The second-order valence-corrected chi connectivity index (χ2v) is 3.47. The molecule has 0 saturated carbocycles. The summed E-state index contributed by atoms with van der Waals surface area (Å²) in [7, 11) is 1.59. The molecule has 1 rings (SSSR count). The molecule has 0 amide bonds. The molecular weight excluding hydrogens is 204 g/mol. The van der Waals surface area contributed by atoms with Crippen LogP contribution < -0.4 is 9.47 Å². The van der Waals surface area contributed by atoms with Crippen molar-refractivity contribution in [3.8, 4) is 11.5 Å². The molecule has 1 atom stereocenters. The Morgan fingerprint density at radius 3 is 2.69 bits per heavy atom. The van der Waals surface area contributed by atoms with Crippen molar-refractivity contribution in [3.63, 3.8) is 0 Å². The van der Waals surface area contributed by atoms with Gasteiger partial charge in [-0.05, 0) is 31.5 Å². The van der Waals surface area contributed by atoms with E-state index < -0.39 is 6.10 Å². The van der Waals surface area contributed by atoms with Crippen molar-refractivity contribution >= 4 is 0 Å². The van der Waals surface area contributed by atoms with Crippen LogP contribution in [-0.2, 0) is 0 Å². The maximum absolute atomic E-state index is 9.44. The summed E-state index contributed by atoms with van der Waals surface area (Å²) >= 11 is 0. The molecule has 0 unspecified atom stereocenters. The first kappa shape index (κ1) is 12.6. The van der Waals surface area contributed by atoms with Gasteiger partial charge in [0.05, 0.1) is 13.2 Å². The van der Waals surface area contributed by atoms with E-state index in [0.29, 0.717) is 18.1 Å². The van der Waals surface area contributed by atoms with Crippen molar-refractivity contribution in [2.75, 3.05) is 13.7 Å². The number of hydrogen-bond donors (Lipinski definition) is 1. The number of aliphatic hydroxyl groups is 1. The summed E-state index contributed by atoms with van der Waals surface area (Å²) in [5, 5.41) is 9.44. The normalized spacial score (nSPS) is 12.8. The van der Waals surface area contributed by atoms with E-state index in [2.05, 4.69) is 0 Å². The predicted octanol–water partition coefficient (Wildman–Crippen LogP) is 2.70. The summed E-state index contributed by atoms with van der Waals surface area (Å²) in [4.78, 5) is 0. The van der Waals surface area contributed by atoms with E-state index in [1.54, 1.807) is 20.1 Å². The van der Waals surface area contributed by atoms with Crippen molar-refractivity contribution in [3.05, 3.63) is 35.9 Å². The lowest BCUT2D eigenvalue weighted by molar-refractivity contribution is 0.198. The molecule has 0 radical (unpaired) electrons. The Morgan fingerprint density at radius 1 is 1.38 bits per heavy atom. The summed E-state index contributed by atoms with van der Waals surface area (Å²) in [6.07, 6.45) is 3.34. The molecule has 88 valence electrons. The predicted molar refractivity (Wildman–Crippen MR) is 63.9 cm³/mol. The van der Waals surface area contributed by atoms with Gasteiger partial charge in [-0.2, -0.15) is 0 Å². The largest absolute Gasteiger partial charge is 0.493 e. The molecule has 16 heavy (non-hydrogen) atoms. The Kier molecular flexibility index (Phi) is 4.86. The van der Waals surface area contributed by atoms with E-state index in [0.717, 1.165) is 5.56 Å². The van der Waals surface area contributed by atoms with Gasteiger partial charge in [-0.15, -0.1) is 0 Å². The molecule has 0 fully saturated rings. The zero-order valence-corrected chi connectivity index (χ0v) is 9.93. The van der Waals surface area contributed by atoms with Gasteiger partial charge >= 0.3 is 0 Å². The maximum Gasteiger partial charge on any atom is 0.161 e. The van der Waals surface area contributed by atoms with Gasteiger partial charge in [0, 0.05) is 0 Å². The minimum atomic E-state index is -0.501. The molecule has 3 heteroatoms. The number of allylic oxidation sites excluding steroid dienone is 1. The highest BCUT2D eigenvalue weighted by Crippen LogP contribution is 2.30. The molecule has 0 aliphatic rings. The van der Waals surface area contributed by atoms with E-state index in [1.165, 1.54) is 0 Å². The standard InChI is InChI=1S/C13H18O3/c1-4-5-8-16-12-7-6-11(10(2)14)9-13(12)15-3/h4-7,9-10,14H,8H2,1-3H3/t10-/m0/s1. The van der Waals surface area contributed by atoms with Crippen LogP contribution >= 0.6 is 0 Å². The Morgan fingerprint density at radius 2 is 2.12 bits per heavy atom. The van der Waals surface area contributed by atoms with Crippen LogP contribution in [0.1, 0.15) is 25.5 Å². The number of methoxy groups -OCH3 is 1. The minimum absolute atomic E-state index is 0.501. The number of aliphatic hydroxyl groups excluding tert-OH is 1. The lowest BCUT2D eigenvalue weighted by atomic mass is 10.1. The summed E-state index contributed by atoms with van der Waals surface area (Å²) in [5.41, 5.74) is 0.815. The van der Waals surface area contributed by atoms with E-state index in [9.17, 15) is 5.11 Å². The maximum atomic E-state index is 9.44. The SMILES string of the molecule is CC=CCOc1ccc([C@H](C)O)cc1OC. The molecule has 1 aromatic rings. The van der Waals surface area contributed by atoms with Crippen LogP contribution in [0.3, 0.4) is 0 Å². The molecule has 1 N–H and O–H groups in total. The summed E-state index contributed by atoms with van der Waals surface area (Å²) in [5.74, 6) is 1.33. The third-order valence-corrected chi connectivity index (χ3v) is 2.24. The molecule has 0 aliphatic heterocycles. The van der Waals surface area contributed by atoms with E-state index in [4.69, 9.17) is 9.47 Å². The Labute approximate surface area is 96.3 Å². The molecule has 0 heterocycles.